The molecular weight excluding hydrogens is 314 g/mol. The number of nitrogens with one attached hydrogen (secondary N) is 3. The van der Waals surface area contributed by atoms with Crippen LogP contribution in [0.1, 0.15) is 46.2 Å². The predicted molar refractivity (Wildman–Crippen MR) is 96.3 cm³/mol. The molecule has 0 aliphatic carbocycles. The average Bonchev–Trinajstić information content (AvgIpc) is 3.31. The van der Waals surface area contributed by atoms with Crippen molar-refractivity contribution in [1.82, 2.24) is 25.7 Å². The Labute approximate surface area is 148 Å². The highest BCUT2D eigenvalue weighted by atomic mass is 16.2. The molecule has 25 heavy (non-hydrogen) atoms. The predicted octanol–water partition coefficient (Wildman–Crippen LogP) is 1.62. The molecule has 1 aromatic heterocycles. The number of fused-ring (bicyclic) bond motifs is 1. The Kier molecular flexibility index (Phi) is 4.81. The van der Waals surface area contributed by atoms with Crippen molar-refractivity contribution in [3.05, 3.63) is 52.8 Å². The molecule has 1 amide bonds. The number of H-pyrrole nitrogens is 1. The first-order valence-corrected chi connectivity index (χ1v) is 9.16. The van der Waals surface area contributed by atoms with Crippen LogP contribution in [-0.4, -0.2) is 47.2 Å². The quantitative estimate of drug-likeness (QED) is 0.774. The van der Waals surface area contributed by atoms with E-state index in [1.807, 2.05) is 18.2 Å². The Morgan fingerprint density at radius 3 is 2.84 bits per heavy atom. The lowest BCUT2D eigenvalue weighted by atomic mass is 10.0. The van der Waals surface area contributed by atoms with Gasteiger partial charge in [0.1, 0.15) is 0 Å². The van der Waals surface area contributed by atoms with E-state index in [4.69, 9.17) is 0 Å². The van der Waals surface area contributed by atoms with Crippen LogP contribution >= 0.6 is 0 Å². The zero-order valence-electron chi connectivity index (χ0n) is 14.4. The van der Waals surface area contributed by atoms with Crippen LogP contribution in [0.4, 0.5) is 0 Å². The summed E-state index contributed by atoms with van der Waals surface area (Å²) >= 11 is 0. The van der Waals surface area contributed by atoms with E-state index in [1.165, 1.54) is 12.8 Å². The van der Waals surface area contributed by atoms with Crippen LogP contribution in [0.2, 0.25) is 0 Å². The molecule has 3 heterocycles. The first-order chi connectivity index (χ1) is 12.3. The second-order valence-electron chi connectivity index (χ2n) is 6.90. The molecule has 1 atom stereocenters. The second-order valence-corrected chi connectivity index (χ2v) is 6.90. The van der Waals surface area contributed by atoms with E-state index in [2.05, 4.69) is 37.9 Å². The highest BCUT2D eigenvalue weighted by molar-refractivity contribution is 5.94. The van der Waals surface area contributed by atoms with E-state index < -0.39 is 0 Å². The van der Waals surface area contributed by atoms with E-state index in [0.29, 0.717) is 12.2 Å². The number of hydrogen-bond acceptors (Lipinski definition) is 4. The third-order valence-corrected chi connectivity index (χ3v) is 5.17. The topological polar surface area (TPSA) is 73.0 Å². The molecule has 1 unspecified atom stereocenters. The molecule has 3 N–H and O–H groups in total. The molecule has 4 rings (SSSR count). The molecule has 132 valence electrons. The highest BCUT2D eigenvalue weighted by Gasteiger charge is 2.25. The summed E-state index contributed by atoms with van der Waals surface area (Å²) < 4.78 is 0. The second kappa shape index (κ2) is 7.37. The number of hydrogen-bond donors (Lipinski definition) is 3. The molecule has 6 nitrogen and oxygen atoms in total. The Morgan fingerprint density at radius 2 is 2.04 bits per heavy atom. The van der Waals surface area contributed by atoms with Crippen molar-refractivity contribution < 1.29 is 4.79 Å². The van der Waals surface area contributed by atoms with Crippen LogP contribution in [0, 0.1) is 0 Å². The van der Waals surface area contributed by atoms with Crippen molar-refractivity contribution in [3.63, 3.8) is 0 Å². The first-order valence-electron chi connectivity index (χ1n) is 9.16. The average molecular weight is 339 g/mol. The van der Waals surface area contributed by atoms with Gasteiger partial charge in [-0.15, -0.1) is 0 Å². The first kappa shape index (κ1) is 16.3. The lowest BCUT2D eigenvalue weighted by Crippen LogP contribution is -2.37. The molecule has 1 saturated heterocycles. The molecule has 1 aromatic carbocycles. The molecule has 0 saturated carbocycles. The molecule has 0 radical (unpaired) electrons. The summed E-state index contributed by atoms with van der Waals surface area (Å²) in [5.41, 5.74) is 3.77. The standard InChI is InChI=1S/C19H25N5O/c25-19(18-15-12-20-9-8-16(15)22-23-18)21-17(13-24-10-4-5-11-24)14-6-2-1-3-7-14/h1-3,6-7,17,20H,4-5,8-13H2,(H,21,25)(H,22,23). The van der Waals surface area contributed by atoms with Crippen molar-refractivity contribution >= 4 is 5.91 Å². The summed E-state index contributed by atoms with van der Waals surface area (Å²) in [4.78, 5) is 15.3. The van der Waals surface area contributed by atoms with Crippen molar-refractivity contribution in [2.75, 3.05) is 26.2 Å². The van der Waals surface area contributed by atoms with Crippen LogP contribution in [0.3, 0.4) is 0 Å². The number of carbonyl (C=O) groups excluding carboxylic acids is 1. The van der Waals surface area contributed by atoms with E-state index in [-0.39, 0.29) is 11.9 Å². The third kappa shape index (κ3) is 3.60. The van der Waals surface area contributed by atoms with Crippen molar-refractivity contribution in [3.8, 4) is 0 Å². The van der Waals surface area contributed by atoms with Gasteiger partial charge in [0.15, 0.2) is 5.69 Å². The van der Waals surface area contributed by atoms with Gasteiger partial charge in [-0.1, -0.05) is 30.3 Å². The summed E-state index contributed by atoms with van der Waals surface area (Å²) in [6.45, 7) is 4.71. The Hall–Kier alpha value is -2.18. The number of aromatic amines is 1. The molecule has 0 bridgehead atoms. The number of aromatic nitrogens is 2. The number of rotatable bonds is 5. The van der Waals surface area contributed by atoms with Gasteiger partial charge in [0.25, 0.3) is 5.91 Å². The number of amides is 1. The Bertz CT molecular complexity index is 721. The van der Waals surface area contributed by atoms with E-state index in [1.54, 1.807) is 0 Å². The van der Waals surface area contributed by atoms with Crippen LogP contribution in [-0.2, 0) is 13.0 Å². The van der Waals surface area contributed by atoms with Gasteiger partial charge in [0, 0.05) is 37.3 Å². The van der Waals surface area contributed by atoms with E-state index in [0.717, 1.165) is 49.4 Å². The lowest BCUT2D eigenvalue weighted by molar-refractivity contribution is 0.0921. The van der Waals surface area contributed by atoms with Crippen LogP contribution in [0.5, 0.6) is 0 Å². The fraction of sp³-hybridized carbons (Fsp3) is 0.474. The molecule has 1 fully saturated rings. The molecule has 2 aliphatic heterocycles. The van der Waals surface area contributed by atoms with Gasteiger partial charge in [-0.25, -0.2) is 0 Å². The van der Waals surface area contributed by atoms with Gasteiger partial charge >= 0.3 is 0 Å². The molecule has 2 aromatic rings. The van der Waals surface area contributed by atoms with Gasteiger partial charge in [-0.3, -0.25) is 9.89 Å². The van der Waals surface area contributed by atoms with Gasteiger partial charge in [-0.05, 0) is 31.5 Å². The molecule has 0 spiro atoms. The summed E-state index contributed by atoms with van der Waals surface area (Å²) in [6.07, 6.45) is 3.38. The van der Waals surface area contributed by atoms with Gasteiger partial charge in [-0.2, -0.15) is 5.10 Å². The number of likely N-dealkylation sites (tertiary alicyclic amines) is 1. The van der Waals surface area contributed by atoms with Crippen LogP contribution < -0.4 is 10.6 Å². The van der Waals surface area contributed by atoms with Crippen LogP contribution in [0.25, 0.3) is 0 Å². The van der Waals surface area contributed by atoms with Crippen LogP contribution in [0.15, 0.2) is 30.3 Å². The van der Waals surface area contributed by atoms with Crippen molar-refractivity contribution in [1.29, 1.82) is 0 Å². The fourth-order valence-electron chi connectivity index (χ4n) is 3.78. The minimum atomic E-state index is -0.0887. The zero-order chi connectivity index (χ0) is 17.1. The highest BCUT2D eigenvalue weighted by Crippen LogP contribution is 2.20. The number of carbonyl (C=O) groups is 1. The van der Waals surface area contributed by atoms with Crippen molar-refractivity contribution in [2.24, 2.45) is 0 Å². The Morgan fingerprint density at radius 1 is 1.24 bits per heavy atom. The fourth-order valence-corrected chi connectivity index (χ4v) is 3.78. The maximum Gasteiger partial charge on any atom is 0.272 e. The molecule has 2 aliphatic rings. The summed E-state index contributed by atoms with van der Waals surface area (Å²) in [6, 6.07) is 10.2. The van der Waals surface area contributed by atoms with E-state index in [9.17, 15) is 4.79 Å². The Balaban J connectivity index is 1.53. The van der Waals surface area contributed by atoms with Gasteiger partial charge < -0.3 is 15.5 Å². The summed E-state index contributed by atoms with van der Waals surface area (Å²) in [7, 11) is 0. The summed E-state index contributed by atoms with van der Waals surface area (Å²) in [5.74, 6) is -0.0887. The zero-order valence-corrected chi connectivity index (χ0v) is 14.4. The largest absolute Gasteiger partial charge is 0.343 e. The summed E-state index contributed by atoms with van der Waals surface area (Å²) in [5, 5.41) is 13.9. The lowest BCUT2D eigenvalue weighted by Gasteiger charge is -2.25. The number of benzene rings is 1. The smallest absolute Gasteiger partial charge is 0.272 e. The van der Waals surface area contributed by atoms with Crippen molar-refractivity contribution in [2.45, 2.75) is 31.8 Å². The number of nitrogens with zero attached hydrogens (tertiary/aromatic N) is 2. The molecule has 6 heteroatoms. The minimum Gasteiger partial charge on any atom is -0.343 e. The SMILES string of the molecule is O=C(NC(CN1CCCC1)c1ccccc1)c1n[nH]c2c1CNCC2. The maximum absolute atomic E-state index is 12.9. The minimum absolute atomic E-state index is 0.0179. The van der Waals surface area contributed by atoms with Gasteiger partial charge in [0.2, 0.25) is 0 Å². The molecular formula is C19H25N5O. The third-order valence-electron chi connectivity index (χ3n) is 5.17. The normalized spacial score (nSPS) is 18.7. The van der Waals surface area contributed by atoms with Gasteiger partial charge in [0.05, 0.1) is 6.04 Å². The van der Waals surface area contributed by atoms with E-state index >= 15 is 0 Å². The maximum atomic E-state index is 12.9. The monoisotopic (exact) mass is 339 g/mol.